The summed E-state index contributed by atoms with van der Waals surface area (Å²) in [5.41, 5.74) is 0.618. The molecule has 0 aliphatic heterocycles. The van der Waals surface area contributed by atoms with E-state index in [-0.39, 0.29) is 12.2 Å². The molecule has 0 saturated heterocycles. The summed E-state index contributed by atoms with van der Waals surface area (Å²) in [6.45, 7) is 1.46. The molecule has 0 fully saturated rings. The number of hydrogen-bond acceptors (Lipinski definition) is 1. The zero-order valence-corrected chi connectivity index (χ0v) is 7.36. The summed E-state index contributed by atoms with van der Waals surface area (Å²) in [5, 5.41) is 0.325. The monoisotopic (exact) mass is 186 g/mol. The smallest absolute Gasteiger partial charge is 0.134 e. The van der Waals surface area contributed by atoms with Crippen LogP contribution < -0.4 is 0 Å². The molecule has 0 atom stereocenters. The molecule has 0 bridgehead atoms. The van der Waals surface area contributed by atoms with Gasteiger partial charge in [-0.3, -0.25) is 4.79 Å². The fraction of sp³-hybridized carbons (Fsp3) is 0.222. The quantitative estimate of drug-likeness (QED) is 0.694. The normalized spacial score (nSPS) is 9.92. The van der Waals surface area contributed by atoms with Crippen LogP contribution in [0.25, 0.3) is 0 Å². The van der Waals surface area contributed by atoms with Crippen molar-refractivity contribution in [3.05, 3.63) is 34.6 Å². The number of hydrogen-bond donors (Lipinski definition) is 0. The lowest BCUT2D eigenvalue weighted by atomic mass is 10.1. The number of carbonyl (C=O) groups excluding carboxylic acids is 1. The lowest BCUT2D eigenvalue weighted by molar-refractivity contribution is -0.116. The van der Waals surface area contributed by atoms with Gasteiger partial charge in [0, 0.05) is 11.4 Å². The van der Waals surface area contributed by atoms with Gasteiger partial charge in [-0.05, 0) is 30.7 Å². The van der Waals surface area contributed by atoms with E-state index in [2.05, 4.69) is 0 Å². The predicted molar refractivity (Wildman–Crippen MR) is 45.8 cm³/mol. The van der Waals surface area contributed by atoms with Crippen LogP contribution in [0.5, 0.6) is 0 Å². The Morgan fingerprint density at radius 1 is 1.50 bits per heavy atom. The highest BCUT2D eigenvalue weighted by molar-refractivity contribution is 6.30. The molecule has 0 N–H and O–H groups in total. The molecule has 1 nitrogen and oxygen atoms in total. The van der Waals surface area contributed by atoms with Crippen molar-refractivity contribution < 1.29 is 9.18 Å². The largest absolute Gasteiger partial charge is 0.300 e. The number of carbonyl (C=O) groups is 1. The minimum absolute atomic E-state index is 0.00309. The minimum atomic E-state index is -0.404. The Balaban J connectivity index is 2.93. The fourth-order valence-electron chi connectivity index (χ4n) is 1.00. The molecule has 0 saturated carbocycles. The summed E-state index contributed by atoms with van der Waals surface area (Å²) < 4.78 is 12.7. The summed E-state index contributed by atoms with van der Waals surface area (Å²) in [6.07, 6.45) is 0.234. The van der Waals surface area contributed by atoms with E-state index in [9.17, 15) is 9.18 Å². The van der Waals surface area contributed by atoms with Crippen molar-refractivity contribution in [1.29, 1.82) is 0 Å². The average molecular weight is 187 g/mol. The first kappa shape index (κ1) is 9.20. The van der Waals surface area contributed by atoms with Crippen molar-refractivity contribution in [2.75, 3.05) is 0 Å². The van der Waals surface area contributed by atoms with E-state index in [4.69, 9.17) is 11.6 Å². The fourth-order valence-corrected chi connectivity index (χ4v) is 1.24. The molecule has 0 amide bonds. The summed E-state index contributed by atoms with van der Waals surface area (Å²) in [7, 11) is 0. The van der Waals surface area contributed by atoms with Crippen molar-refractivity contribution in [1.82, 2.24) is 0 Å². The molecule has 0 spiro atoms. The van der Waals surface area contributed by atoms with Crippen molar-refractivity contribution >= 4 is 17.4 Å². The van der Waals surface area contributed by atoms with Crippen molar-refractivity contribution in [2.45, 2.75) is 13.3 Å². The highest BCUT2D eigenvalue weighted by atomic mass is 35.5. The van der Waals surface area contributed by atoms with Gasteiger partial charge < -0.3 is 0 Å². The van der Waals surface area contributed by atoms with E-state index in [0.717, 1.165) is 0 Å². The zero-order valence-electron chi connectivity index (χ0n) is 6.60. The summed E-state index contributed by atoms with van der Waals surface area (Å²) >= 11 is 5.58. The summed E-state index contributed by atoms with van der Waals surface area (Å²) in [4.78, 5) is 10.7. The van der Waals surface area contributed by atoms with Gasteiger partial charge in [0.15, 0.2) is 0 Å². The van der Waals surface area contributed by atoms with Crippen molar-refractivity contribution in [2.24, 2.45) is 0 Å². The van der Waals surface area contributed by atoms with Crippen LogP contribution in [0.2, 0.25) is 5.02 Å². The SMILES string of the molecule is CC(=O)Cc1cc(F)cc(Cl)c1. The molecule has 0 aromatic heterocycles. The van der Waals surface area contributed by atoms with Crippen molar-refractivity contribution in [3.8, 4) is 0 Å². The van der Waals surface area contributed by atoms with E-state index >= 15 is 0 Å². The Kier molecular flexibility index (Phi) is 2.82. The Morgan fingerprint density at radius 2 is 2.17 bits per heavy atom. The van der Waals surface area contributed by atoms with Gasteiger partial charge in [0.2, 0.25) is 0 Å². The lowest BCUT2D eigenvalue weighted by Crippen LogP contribution is -1.96. The first-order valence-corrected chi connectivity index (χ1v) is 3.90. The summed E-state index contributed by atoms with van der Waals surface area (Å²) in [5.74, 6) is -0.407. The molecular weight excluding hydrogens is 179 g/mol. The van der Waals surface area contributed by atoms with Crippen LogP contribution in [0.1, 0.15) is 12.5 Å². The molecule has 1 aromatic carbocycles. The Labute approximate surface area is 75.2 Å². The topological polar surface area (TPSA) is 17.1 Å². The Hall–Kier alpha value is -0.890. The third-order valence-corrected chi connectivity index (χ3v) is 1.59. The molecule has 1 rings (SSSR count). The molecule has 1 aromatic rings. The van der Waals surface area contributed by atoms with Gasteiger partial charge >= 0.3 is 0 Å². The molecule has 0 radical (unpaired) electrons. The second kappa shape index (κ2) is 3.68. The maximum Gasteiger partial charge on any atom is 0.134 e. The average Bonchev–Trinajstić information content (AvgIpc) is 1.81. The molecule has 0 aliphatic rings. The standard InChI is InChI=1S/C9H8ClFO/c1-6(12)2-7-3-8(10)5-9(11)4-7/h3-5H,2H2,1H3. The van der Waals surface area contributed by atoms with Gasteiger partial charge in [-0.1, -0.05) is 11.6 Å². The number of benzene rings is 1. The van der Waals surface area contributed by atoms with Gasteiger partial charge in [0.25, 0.3) is 0 Å². The van der Waals surface area contributed by atoms with E-state index in [1.54, 1.807) is 6.07 Å². The highest BCUT2D eigenvalue weighted by Gasteiger charge is 2.01. The van der Waals surface area contributed by atoms with Crippen LogP contribution in [0.4, 0.5) is 4.39 Å². The predicted octanol–water partition coefficient (Wildman–Crippen LogP) is 2.61. The second-order valence-electron chi connectivity index (χ2n) is 2.66. The van der Waals surface area contributed by atoms with Crippen LogP contribution in [0.3, 0.4) is 0 Å². The van der Waals surface area contributed by atoms with Gasteiger partial charge in [-0.2, -0.15) is 0 Å². The van der Waals surface area contributed by atoms with E-state index in [1.165, 1.54) is 19.1 Å². The molecule has 64 valence electrons. The van der Waals surface area contributed by atoms with Crippen LogP contribution in [-0.2, 0) is 11.2 Å². The third-order valence-electron chi connectivity index (χ3n) is 1.38. The van der Waals surface area contributed by atoms with E-state index < -0.39 is 5.82 Å². The lowest BCUT2D eigenvalue weighted by Gasteiger charge is -1.98. The highest BCUT2D eigenvalue weighted by Crippen LogP contribution is 2.14. The maximum absolute atomic E-state index is 12.7. The van der Waals surface area contributed by atoms with E-state index in [1.807, 2.05) is 0 Å². The van der Waals surface area contributed by atoms with Gasteiger partial charge in [0.05, 0.1) is 0 Å². The summed E-state index contributed by atoms with van der Waals surface area (Å²) in [6, 6.07) is 4.12. The number of ketones is 1. The Bertz CT molecular complexity index is 289. The van der Waals surface area contributed by atoms with Crippen LogP contribution in [-0.4, -0.2) is 5.78 Å². The first-order chi connectivity index (χ1) is 5.58. The molecule has 3 heteroatoms. The number of Topliss-reactive ketones (excluding diaryl/α,β-unsaturated/α-hetero) is 1. The third kappa shape index (κ3) is 2.62. The van der Waals surface area contributed by atoms with Crippen LogP contribution in [0.15, 0.2) is 18.2 Å². The molecule has 0 unspecified atom stereocenters. The second-order valence-corrected chi connectivity index (χ2v) is 3.09. The minimum Gasteiger partial charge on any atom is -0.300 e. The van der Waals surface area contributed by atoms with Crippen LogP contribution >= 0.6 is 11.6 Å². The Morgan fingerprint density at radius 3 is 2.67 bits per heavy atom. The molecule has 0 heterocycles. The number of halogens is 2. The molecule has 12 heavy (non-hydrogen) atoms. The van der Waals surface area contributed by atoms with Crippen LogP contribution in [0, 0.1) is 5.82 Å². The molecular formula is C9H8ClFO. The van der Waals surface area contributed by atoms with E-state index in [0.29, 0.717) is 10.6 Å². The zero-order chi connectivity index (χ0) is 9.14. The number of rotatable bonds is 2. The maximum atomic E-state index is 12.7. The first-order valence-electron chi connectivity index (χ1n) is 3.52. The molecule has 0 aliphatic carbocycles. The van der Waals surface area contributed by atoms with Gasteiger partial charge in [-0.25, -0.2) is 4.39 Å². The van der Waals surface area contributed by atoms with Crippen molar-refractivity contribution in [3.63, 3.8) is 0 Å². The van der Waals surface area contributed by atoms with Gasteiger partial charge in [0.1, 0.15) is 11.6 Å². The van der Waals surface area contributed by atoms with Gasteiger partial charge in [-0.15, -0.1) is 0 Å².